The minimum Gasteiger partial charge on any atom is -0.378 e. The second-order valence-corrected chi connectivity index (χ2v) is 5.64. The molecule has 1 saturated heterocycles. The van der Waals surface area contributed by atoms with Crippen LogP contribution in [0.25, 0.3) is 0 Å². The molecule has 0 saturated carbocycles. The van der Waals surface area contributed by atoms with Crippen molar-refractivity contribution >= 4 is 5.69 Å². The highest BCUT2D eigenvalue weighted by molar-refractivity contribution is 5.53. The zero-order chi connectivity index (χ0) is 15.0. The molecule has 3 rings (SSSR count). The highest BCUT2D eigenvalue weighted by atomic mass is 16.5. The van der Waals surface area contributed by atoms with Gasteiger partial charge in [-0.3, -0.25) is 0 Å². The van der Waals surface area contributed by atoms with E-state index < -0.39 is 0 Å². The number of morpholine rings is 1. The number of hydrogen-bond acceptors (Lipinski definition) is 3. The lowest BCUT2D eigenvalue weighted by Crippen LogP contribution is -2.37. The molecule has 0 bridgehead atoms. The summed E-state index contributed by atoms with van der Waals surface area (Å²) in [6.45, 7) is 5.55. The van der Waals surface area contributed by atoms with Crippen LogP contribution < -0.4 is 10.2 Å². The minimum atomic E-state index is 0.829. The van der Waals surface area contributed by atoms with Gasteiger partial charge in [-0.05, 0) is 30.2 Å². The van der Waals surface area contributed by atoms with Crippen LogP contribution in [0.2, 0.25) is 0 Å². The van der Waals surface area contributed by atoms with Gasteiger partial charge in [-0.1, -0.05) is 48.5 Å². The standard InChI is InChI=1S/C19H24N2O/c1-2-6-17(7-3-1)10-11-20-16-18-8-4-5-9-19(18)21-12-14-22-15-13-21/h1-9,20H,10-16H2. The molecule has 2 aromatic rings. The van der Waals surface area contributed by atoms with Crippen molar-refractivity contribution in [1.29, 1.82) is 0 Å². The lowest BCUT2D eigenvalue weighted by molar-refractivity contribution is 0.122. The van der Waals surface area contributed by atoms with Gasteiger partial charge < -0.3 is 15.0 Å². The maximum Gasteiger partial charge on any atom is 0.0642 e. The number of ether oxygens (including phenoxy) is 1. The molecule has 0 spiro atoms. The summed E-state index contributed by atoms with van der Waals surface area (Å²) >= 11 is 0. The molecule has 116 valence electrons. The number of hydrogen-bond donors (Lipinski definition) is 1. The lowest BCUT2D eigenvalue weighted by atomic mass is 10.1. The van der Waals surface area contributed by atoms with Crippen LogP contribution in [0.5, 0.6) is 0 Å². The van der Waals surface area contributed by atoms with E-state index in [1.54, 1.807) is 0 Å². The monoisotopic (exact) mass is 296 g/mol. The first-order valence-corrected chi connectivity index (χ1v) is 8.09. The first kappa shape index (κ1) is 15.1. The zero-order valence-electron chi connectivity index (χ0n) is 13.0. The number of anilines is 1. The van der Waals surface area contributed by atoms with Gasteiger partial charge in [-0.15, -0.1) is 0 Å². The average molecular weight is 296 g/mol. The molecule has 2 aromatic carbocycles. The van der Waals surface area contributed by atoms with E-state index in [1.165, 1.54) is 16.8 Å². The highest BCUT2D eigenvalue weighted by Gasteiger charge is 2.13. The molecule has 0 atom stereocenters. The zero-order valence-corrected chi connectivity index (χ0v) is 13.0. The van der Waals surface area contributed by atoms with Crippen LogP contribution in [0.4, 0.5) is 5.69 Å². The first-order chi connectivity index (χ1) is 10.9. The van der Waals surface area contributed by atoms with Crippen LogP contribution in [-0.4, -0.2) is 32.8 Å². The molecule has 1 heterocycles. The summed E-state index contributed by atoms with van der Waals surface area (Å²) in [6.07, 6.45) is 1.07. The Bertz CT molecular complexity index is 565. The van der Waals surface area contributed by atoms with Gasteiger partial charge in [-0.25, -0.2) is 0 Å². The largest absolute Gasteiger partial charge is 0.378 e. The second-order valence-electron chi connectivity index (χ2n) is 5.64. The van der Waals surface area contributed by atoms with E-state index in [0.29, 0.717) is 0 Å². The summed E-state index contributed by atoms with van der Waals surface area (Å²) < 4.78 is 5.45. The fourth-order valence-electron chi connectivity index (χ4n) is 2.87. The minimum absolute atomic E-state index is 0.829. The molecular formula is C19H24N2O. The van der Waals surface area contributed by atoms with Gasteiger partial charge in [0.2, 0.25) is 0 Å². The summed E-state index contributed by atoms with van der Waals surface area (Å²) in [5.74, 6) is 0. The molecule has 1 N–H and O–H groups in total. The Balaban J connectivity index is 1.53. The van der Waals surface area contributed by atoms with E-state index in [9.17, 15) is 0 Å². The Morgan fingerprint density at radius 2 is 1.64 bits per heavy atom. The molecule has 1 fully saturated rings. The molecule has 0 amide bonds. The van der Waals surface area contributed by atoms with Gasteiger partial charge in [0, 0.05) is 25.3 Å². The number of nitrogens with one attached hydrogen (secondary N) is 1. The molecule has 1 aliphatic rings. The van der Waals surface area contributed by atoms with Crippen LogP contribution in [0.3, 0.4) is 0 Å². The quantitative estimate of drug-likeness (QED) is 0.830. The number of nitrogens with zero attached hydrogens (tertiary/aromatic N) is 1. The predicted molar refractivity (Wildman–Crippen MR) is 91.3 cm³/mol. The Labute approximate surface area is 132 Å². The van der Waals surface area contributed by atoms with Gasteiger partial charge >= 0.3 is 0 Å². The van der Waals surface area contributed by atoms with Crippen molar-refractivity contribution in [3.63, 3.8) is 0 Å². The van der Waals surface area contributed by atoms with E-state index in [-0.39, 0.29) is 0 Å². The van der Waals surface area contributed by atoms with Crippen molar-refractivity contribution < 1.29 is 4.74 Å². The van der Waals surface area contributed by atoms with Crippen LogP contribution in [0.15, 0.2) is 54.6 Å². The third kappa shape index (κ3) is 4.09. The Morgan fingerprint density at radius 1 is 0.909 bits per heavy atom. The second kappa shape index (κ2) is 7.97. The highest BCUT2D eigenvalue weighted by Crippen LogP contribution is 2.21. The first-order valence-electron chi connectivity index (χ1n) is 8.09. The molecule has 0 aromatic heterocycles. The topological polar surface area (TPSA) is 24.5 Å². The van der Waals surface area contributed by atoms with Crippen LogP contribution in [-0.2, 0) is 17.7 Å². The molecule has 1 aliphatic heterocycles. The van der Waals surface area contributed by atoms with Crippen molar-refractivity contribution in [1.82, 2.24) is 5.32 Å². The molecule has 0 unspecified atom stereocenters. The van der Waals surface area contributed by atoms with Crippen LogP contribution >= 0.6 is 0 Å². The maximum absolute atomic E-state index is 5.45. The van der Waals surface area contributed by atoms with Crippen molar-refractivity contribution in [3.8, 4) is 0 Å². The van der Waals surface area contributed by atoms with E-state index in [2.05, 4.69) is 64.8 Å². The Morgan fingerprint density at radius 3 is 2.45 bits per heavy atom. The lowest BCUT2D eigenvalue weighted by Gasteiger charge is -2.30. The van der Waals surface area contributed by atoms with E-state index >= 15 is 0 Å². The van der Waals surface area contributed by atoms with Gasteiger partial charge in [0.25, 0.3) is 0 Å². The van der Waals surface area contributed by atoms with Crippen molar-refractivity contribution in [3.05, 3.63) is 65.7 Å². The summed E-state index contributed by atoms with van der Waals surface area (Å²) in [5.41, 5.74) is 4.10. The summed E-state index contributed by atoms with van der Waals surface area (Å²) in [4.78, 5) is 2.43. The van der Waals surface area contributed by atoms with Crippen molar-refractivity contribution in [2.24, 2.45) is 0 Å². The Kier molecular flexibility index (Phi) is 5.46. The van der Waals surface area contributed by atoms with Gasteiger partial charge in [0.05, 0.1) is 13.2 Å². The SMILES string of the molecule is c1ccc(CCNCc2ccccc2N2CCOCC2)cc1. The van der Waals surface area contributed by atoms with Crippen LogP contribution in [0, 0.1) is 0 Å². The fourth-order valence-corrected chi connectivity index (χ4v) is 2.87. The molecule has 0 radical (unpaired) electrons. The molecule has 0 aliphatic carbocycles. The third-order valence-corrected chi connectivity index (χ3v) is 4.09. The predicted octanol–water partition coefficient (Wildman–Crippen LogP) is 2.86. The smallest absolute Gasteiger partial charge is 0.0642 e. The number of para-hydroxylation sites is 1. The Hall–Kier alpha value is -1.84. The summed E-state index contributed by atoms with van der Waals surface area (Å²) in [6, 6.07) is 19.3. The van der Waals surface area contributed by atoms with Gasteiger partial charge in [0.1, 0.15) is 0 Å². The molecule has 3 heteroatoms. The molecular weight excluding hydrogens is 272 g/mol. The summed E-state index contributed by atoms with van der Waals surface area (Å²) in [7, 11) is 0. The van der Waals surface area contributed by atoms with E-state index in [1.807, 2.05) is 0 Å². The van der Waals surface area contributed by atoms with Crippen LogP contribution in [0.1, 0.15) is 11.1 Å². The van der Waals surface area contributed by atoms with Gasteiger partial charge in [-0.2, -0.15) is 0 Å². The van der Waals surface area contributed by atoms with E-state index in [4.69, 9.17) is 4.74 Å². The summed E-state index contributed by atoms with van der Waals surface area (Å²) in [5, 5.41) is 3.57. The molecule has 22 heavy (non-hydrogen) atoms. The van der Waals surface area contributed by atoms with E-state index in [0.717, 1.165) is 45.8 Å². The maximum atomic E-state index is 5.45. The van der Waals surface area contributed by atoms with Crippen molar-refractivity contribution in [2.45, 2.75) is 13.0 Å². The average Bonchev–Trinajstić information content (AvgIpc) is 2.61. The fraction of sp³-hybridized carbons (Fsp3) is 0.368. The van der Waals surface area contributed by atoms with Crippen molar-refractivity contribution in [2.75, 3.05) is 37.7 Å². The number of rotatable bonds is 6. The number of benzene rings is 2. The molecule has 3 nitrogen and oxygen atoms in total. The normalized spacial score (nSPS) is 15.0. The van der Waals surface area contributed by atoms with Gasteiger partial charge in [0.15, 0.2) is 0 Å². The third-order valence-electron chi connectivity index (χ3n) is 4.09.